The van der Waals surface area contributed by atoms with Crippen LogP contribution < -0.4 is 10.6 Å². The van der Waals surface area contributed by atoms with E-state index in [-0.39, 0.29) is 5.41 Å². The molecule has 4 nitrogen and oxygen atoms in total. The Bertz CT molecular complexity index is 605. The van der Waals surface area contributed by atoms with Crippen LogP contribution in [-0.2, 0) is 5.41 Å². The third-order valence-corrected chi connectivity index (χ3v) is 3.73. The fourth-order valence-electron chi connectivity index (χ4n) is 1.68. The van der Waals surface area contributed by atoms with Crippen molar-refractivity contribution in [1.29, 1.82) is 0 Å². The van der Waals surface area contributed by atoms with Gasteiger partial charge < -0.3 is 10.6 Å². The van der Waals surface area contributed by atoms with E-state index < -0.39 is 0 Å². The number of benzene rings is 1. The second-order valence-corrected chi connectivity index (χ2v) is 6.73. The van der Waals surface area contributed by atoms with Crippen LogP contribution in [0, 0.1) is 3.57 Å². The van der Waals surface area contributed by atoms with Crippen LogP contribution in [0.2, 0.25) is 0 Å². The van der Waals surface area contributed by atoms with Crippen LogP contribution in [0.1, 0.15) is 26.6 Å². The molecule has 2 N–H and O–H groups in total. The van der Waals surface area contributed by atoms with Crippen LogP contribution in [0.15, 0.2) is 30.3 Å². The standard InChI is InChI=1S/C15H19IN4/c1-15(2,3)14-19-12(17-4)9-13(20-14)18-11-8-6-5-7-10(11)16/h5-9H,1-4H3,(H2,17,18,19,20). The second kappa shape index (κ2) is 5.95. The molecule has 5 heteroatoms. The van der Waals surface area contributed by atoms with E-state index in [0.717, 1.165) is 26.7 Å². The first-order valence-corrected chi connectivity index (χ1v) is 7.57. The largest absolute Gasteiger partial charge is 0.373 e. The molecule has 0 atom stereocenters. The summed E-state index contributed by atoms with van der Waals surface area (Å²) < 4.78 is 1.16. The predicted molar refractivity (Wildman–Crippen MR) is 92.7 cm³/mol. The highest BCUT2D eigenvalue weighted by molar-refractivity contribution is 14.1. The summed E-state index contributed by atoms with van der Waals surface area (Å²) in [6.07, 6.45) is 0. The fraction of sp³-hybridized carbons (Fsp3) is 0.333. The average molecular weight is 382 g/mol. The summed E-state index contributed by atoms with van der Waals surface area (Å²) in [4.78, 5) is 9.15. The number of nitrogens with one attached hydrogen (secondary N) is 2. The van der Waals surface area contributed by atoms with Crippen molar-refractivity contribution < 1.29 is 0 Å². The van der Waals surface area contributed by atoms with Gasteiger partial charge in [0, 0.05) is 22.1 Å². The number of nitrogens with zero attached hydrogens (tertiary/aromatic N) is 2. The van der Waals surface area contributed by atoms with Crippen LogP contribution in [0.4, 0.5) is 17.3 Å². The first kappa shape index (κ1) is 15.0. The molecule has 106 valence electrons. The Balaban J connectivity index is 2.39. The Morgan fingerprint density at radius 3 is 2.30 bits per heavy atom. The maximum absolute atomic E-state index is 4.62. The molecule has 2 aromatic rings. The lowest BCUT2D eigenvalue weighted by Crippen LogP contribution is -2.17. The molecule has 0 spiro atoms. The van der Waals surface area contributed by atoms with Gasteiger partial charge in [-0.25, -0.2) is 9.97 Å². The van der Waals surface area contributed by atoms with Gasteiger partial charge in [-0.05, 0) is 34.7 Å². The SMILES string of the molecule is CNc1cc(Nc2ccccc2I)nc(C(C)(C)C)n1. The third kappa shape index (κ3) is 3.59. The van der Waals surface area contributed by atoms with E-state index in [1.807, 2.05) is 31.3 Å². The Hall–Kier alpha value is -1.37. The summed E-state index contributed by atoms with van der Waals surface area (Å²) >= 11 is 2.31. The van der Waals surface area contributed by atoms with Gasteiger partial charge in [-0.15, -0.1) is 0 Å². The number of aromatic nitrogens is 2. The molecular formula is C15H19IN4. The van der Waals surface area contributed by atoms with Crippen LogP contribution in [0.3, 0.4) is 0 Å². The topological polar surface area (TPSA) is 49.8 Å². The highest BCUT2D eigenvalue weighted by Crippen LogP contribution is 2.25. The molecule has 1 aromatic heterocycles. The number of anilines is 3. The number of para-hydroxylation sites is 1. The highest BCUT2D eigenvalue weighted by atomic mass is 127. The smallest absolute Gasteiger partial charge is 0.138 e. The molecule has 1 aromatic carbocycles. The molecule has 0 aliphatic heterocycles. The molecule has 0 unspecified atom stereocenters. The van der Waals surface area contributed by atoms with Crippen molar-refractivity contribution in [3.8, 4) is 0 Å². The molecule has 0 bridgehead atoms. The minimum Gasteiger partial charge on any atom is -0.373 e. The third-order valence-electron chi connectivity index (χ3n) is 2.79. The van der Waals surface area contributed by atoms with Crippen LogP contribution in [-0.4, -0.2) is 17.0 Å². The summed E-state index contributed by atoms with van der Waals surface area (Å²) in [6.45, 7) is 6.33. The van der Waals surface area contributed by atoms with Gasteiger partial charge in [-0.2, -0.15) is 0 Å². The number of hydrogen-bond acceptors (Lipinski definition) is 4. The molecule has 0 radical (unpaired) electrons. The van der Waals surface area contributed by atoms with Crippen molar-refractivity contribution >= 4 is 39.9 Å². The monoisotopic (exact) mass is 382 g/mol. The molecule has 2 rings (SSSR count). The minimum atomic E-state index is -0.0901. The number of rotatable bonds is 3. The number of hydrogen-bond donors (Lipinski definition) is 2. The maximum atomic E-state index is 4.62. The summed E-state index contributed by atoms with van der Waals surface area (Å²) in [6, 6.07) is 10.0. The molecule has 0 fully saturated rings. The van der Waals surface area contributed by atoms with Crippen molar-refractivity contribution in [3.05, 3.63) is 39.7 Å². The summed E-state index contributed by atoms with van der Waals surface area (Å²) in [5.74, 6) is 2.44. The van der Waals surface area contributed by atoms with Crippen LogP contribution in [0.25, 0.3) is 0 Å². The van der Waals surface area contributed by atoms with Crippen molar-refractivity contribution in [2.75, 3.05) is 17.7 Å². The van der Waals surface area contributed by atoms with Crippen LogP contribution >= 0.6 is 22.6 Å². The maximum Gasteiger partial charge on any atom is 0.138 e. The Kier molecular flexibility index (Phi) is 4.47. The molecular weight excluding hydrogens is 363 g/mol. The zero-order chi connectivity index (χ0) is 14.8. The molecule has 0 amide bonds. The lowest BCUT2D eigenvalue weighted by molar-refractivity contribution is 0.547. The van der Waals surface area contributed by atoms with E-state index in [0.29, 0.717) is 0 Å². The zero-order valence-corrected chi connectivity index (χ0v) is 14.3. The first-order chi connectivity index (χ1) is 9.40. The van der Waals surface area contributed by atoms with Crippen molar-refractivity contribution in [3.63, 3.8) is 0 Å². The van der Waals surface area contributed by atoms with Gasteiger partial charge in [0.15, 0.2) is 0 Å². The van der Waals surface area contributed by atoms with E-state index in [1.54, 1.807) is 0 Å². The van der Waals surface area contributed by atoms with Gasteiger partial charge in [0.1, 0.15) is 17.5 Å². The van der Waals surface area contributed by atoms with E-state index in [4.69, 9.17) is 0 Å². The minimum absolute atomic E-state index is 0.0901. The molecule has 0 aliphatic carbocycles. The van der Waals surface area contributed by atoms with Crippen molar-refractivity contribution in [2.45, 2.75) is 26.2 Å². The predicted octanol–water partition coefficient (Wildman–Crippen LogP) is 4.16. The first-order valence-electron chi connectivity index (χ1n) is 6.49. The summed E-state index contributed by atoms with van der Waals surface area (Å²) in [7, 11) is 1.87. The Morgan fingerprint density at radius 2 is 1.70 bits per heavy atom. The Labute approximate surface area is 133 Å². The summed E-state index contributed by atoms with van der Waals surface area (Å²) in [5.41, 5.74) is 0.960. The zero-order valence-electron chi connectivity index (χ0n) is 12.2. The molecule has 0 saturated carbocycles. The van der Waals surface area contributed by atoms with E-state index in [1.165, 1.54) is 0 Å². The number of halogens is 1. The molecule has 1 heterocycles. The average Bonchev–Trinajstić information content (AvgIpc) is 2.40. The fourth-order valence-corrected chi connectivity index (χ4v) is 2.20. The quantitative estimate of drug-likeness (QED) is 0.783. The lowest BCUT2D eigenvalue weighted by atomic mass is 9.96. The highest BCUT2D eigenvalue weighted by Gasteiger charge is 2.19. The van der Waals surface area contributed by atoms with E-state index in [9.17, 15) is 0 Å². The van der Waals surface area contributed by atoms with E-state index in [2.05, 4.69) is 70.0 Å². The van der Waals surface area contributed by atoms with Gasteiger partial charge in [0.05, 0.1) is 5.69 Å². The Morgan fingerprint density at radius 1 is 1.05 bits per heavy atom. The lowest BCUT2D eigenvalue weighted by Gasteiger charge is -2.19. The van der Waals surface area contributed by atoms with Gasteiger partial charge in [-0.1, -0.05) is 32.9 Å². The van der Waals surface area contributed by atoms with Crippen molar-refractivity contribution in [1.82, 2.24) is 9.97 Å². The van der Waals surface area contributed by atoms with Crippen LogP contribution in [0.5, 0.6) is 0 Å². The second-order valence-electron chi connectivity index (χ2n) is 5.57. The van der Waals surface area contributed by atoms with Gasteiger partial charge in [-0.3, -0.25) is 0 Å². The van der Waals surface area contributed by atoms with Gasteiger partial charge in [0.25, 0.3) is 0 Å². The van der Waals surface area contributed by atoms with E-state index >= 15 is 0 Å². The molecule has 0 saturated heterocycles. The summed E-state index contributed by atoms with van der Waals surface area (Å²) in [5, 5.41) is 6.45. The van der Waals surface area contributed by atoms with Gasteiger partial charge >= 0.3 is 0 Å². The van der Waals surface area contributed by atoms with Crippen molar-refractivity contribution in [2.24, 2.45) is 0 Å². The molecule has 0 aliphatic rings. The normalized spacial score (nSPS) is 11.2. The molecule has 20 heavy (non-hydrogen) atoms. The van der Waals surface area contributed by atoms with Gasteiger partial charge in [0.2, 0.25) is 0 Å².